The maximum atomic E-state index is 13.5. The molecule has 3 nitrogen and oxygen atoms in total. The fourth-order valence-electron chi connectivity index (χ4n) is 7.98. The highest BCUT2D eigenvalue weighted by Crippen LogP contribution is 2.63. The van der Waals surface area contributed by atoms with Crippen LogP contribution >= 0.6 is 0 Å². The second-order valence-electron chi connectivity index (χ2n) is 10.7. The number of aromatic nitrogens is 1. The van der Waals surface area contributed by atoms with Crippen LogP contribution in [0, 0.1) is 23.2 Å². The predicted octanol–water partition coefficient (Wildman–Crippen LogP) is 5.99. The van der Waals surface area contributed by atoms with Crippen molar-refractivity contribution in [2.24, 2.45) is 23.2 Å². The quantitative estimate of drug-likeness (QED) is 0.688. The Labute approximate surface area is 173 Å². The first kappa shape index (κ1) is 17.8. The van der Waals surface area contributed by atoms with E-state index in [1.165, 1.54) is 55.0 Å². The summed E-state index contributed by atoms with van der Waals surface area (Å²) < 4.78 is 0. The Balaban J connectivity index is 1.43. The molecule has 152 valence electrons. The van der Waals surface area contributed by atoms with Crippen LogP contribution < -0.4 is 0 Å². The number of hydrogen-bond donors (Lipinski definition) is 1. The smallest absolute Gasteiger partial charge is 0.250 e. The van der Waals surface area contributed by atoms with Crippen LogP contribution in [0.3, 0.4) is 0 Å². The van der Waals surface area contributed by atoms with Crippen molar-refractivity contribution in [3.63, 3.8) is 0 Å². The number of carbonyl (C=O) groups excluding carboxylic acids is 1. The molecule has 5 aliphatic rings. The molecule has 1 aliphatic heterocycles. The number of rotatable bonds is 3. The molecule has 1 amide bonds. The Morgan fingerprint density at radius 2 is 1.66 bits per heavy atom. The van der Waals surface area contributed by atoms with Crippen LogP contribution in [0.2, 0.25) is 0 Å². The predicted molar refractivity (Wildman–Crippen MR) is 116 cm³/mol. The van der Waals surface area contributed by atoms with Crippen LogP contribution in [0.25, 0.3) is 10.9 Å². The Bertz CT molecular complexity index is 993. The number of amides is 1. The molecule has 2 atom stereocenters. The van der Waals surface area contributed by atoms with Gasteiger partial charge in [0.25, 0.3) is 5.91 Å². The van der Waals surface area contributed by atoms with Crippen molar-refractivity contribution in [3.8, 4) is 0 Å². The lowest BCUT2D eigenvalue weighted by molar-refractivity contribution is -0.142. The second kappa shape index (κ2) is 6.00. The standard InChI is InChI=1S/C26H32N2O/c1-15-16(2)25(29)28(24(15)22-14-27-23-7-5-4-6-21(22)23)17(3)26-11-18-8-19(12-26)10-20(9-18)13-26/h4-7,14,17-20,24,27H,8-13H2,1-3H3/t17-,18?,19?,20?,24+,26?/m0/s1. The van der Waals surface area contributed by atoms with Crippen LogP contribution in [-0.4, -0.2) is 21.8 Å². The third-order valence-corrected chi connectivity index (χ3v) is 9.14. The van der Waals surface area contributed by atoms with Crippen LogP contribution in [0.15, 0.2) is 41.6 Å². The highest BCUT2D eigenvalue weighted by atomic mass is 16.2. The van der Waals surface area contributed by atoms with Gasteiger partial charge in [-0.1, -0.05) is 18.2 Å². The number of carbonyl (C=O) groups is 1. The first-order valence-corrected chi connectivity index (χ1v) is 11.5. The van der Waals surface area contributed by atoms with Gasteiger partial charge < -0.3 is 9.88 Å². The van der Waals surface area contributed by atoms with Crippen LogP contribution in [0.5, 0.6) is 0 Å². The third-order valence-electron chi connectivity index (χ3n) is 9.14. The minimum Gasteiger partial charge on any atom is -0.361 e. The van der Waals surface area contributed by atoms with Crippen molar-refractivity contribution in [1.29, 1.82) is 0 Å². The number of benzene rings is 1. The van der Waals surface area contributed by atoms with Gasteiger partial charge in [0.2, 0.25) is 0 Å². The van der Waals surface area contributed by atoms with Crippen LogP contribution in [-0.2, 0) is 4.79 Å². The molecule has 4 saturated carbocycles. The molecule has 4 bridgehead atoms. The van der Waals surface area contributed by atoms with E-state index in [0.717, 1.165) is 28.8 Å². The normalized spacial score (nSPS) is 37.2. The molecule has 1 aromatic heterocycles. The number of nitrogens with zero attached hydrogens (tertiary/aromatic N) is 1. The van der Waals surface area contributed by atoms with Crippen molar-refractivity contribution in [2.75, 3.05) is 0 Å². The fraction of sp³-hybridized carbons (Fsp3) is 0.577. The molecule has 3 heteroatoms. The summed E-state index contributed by atoms with van der Waals surface area (Å²) in [4.78, 5) is 19.3. The molecule has 0 unspecified atom stereocenters. The molecule has 1 N–H and O–H groups in total. The summed E-state index contributed by atoms with van der Waals surface area (Å²) in [6.45, 7) is 6.58. The topological polar surface area (TPSA) is 36.1 Å². The number of para-hydroxylation sites is 1. The maximum absolute atomic E-state index is 13.5. The Hall–Kier alpha value is -2.03. The van der Waals surface area contributed by atoms with Gasteiger partial charge in [-0.2, -0.15) is 0 Å². The fourth-order valence-corrected chi connectivity index (χ4v) is 7.98. The lowest BCUT2D eigenvalue weighted by atomic mass is 9.47. The van der Waals surface area contributed by atoms with E-state index in [4.69, 9.17) is 0 Å². The van der Waals surface area contributed by atoms with E-state index in [2.05, 4.69) is 54.2 Å². The summed E-state index contributed by atoms with van der Waals surface area (Å²) in [5.74, 6) is 2.98. The third kappa shape index (κ3) is 2.39. The Morgan fingerprint density at radius 3 is 2.31 bits per heavy atom. The molecule has 4 aliphatic carbocycles. The summed E-state index contributed by atoms with van der Waals surface area (Å²) in [6.07, 6.45) is 10.5. The second-order valence-corrected chi connectivity index (χ2v) is 10.7. The summed E-state index contributed by atoms with van der Waals surface area (Å²) in [7, 11) is 0. The minimum atomic E-state index is 0.0710. The minimum absolute atomic E-state index is 0.0710. The number of hydrogen-bond acceptors (Lipinski definition) is 1. The lowest BCUT2D eigenvalue weighted by Gasteiger charge is -2.60. The van der Waals surface area contributed by atoms with E-state index in [1.54, 1.807) is 0 Å². The highest BCUT2D eigenvalue weighted by Gasteiger charge is 2.56. The zero-order valence-corrected chi connectivity index (χ0v) is 17.9. The van der Waals surface area contributed by atoms with E-state index in [0.29, 0.717) is 11.5 Å². The summed E-state index contributed by atoms with van der Waals surface area (Å²) in [5.41, 5.74) is 4.95. The zero-order valence-electron chi connectivity index (χ0n) is 17.9. The van der Waals surface area contributed by atoms with Crippen molar-refractivity contribution < 1.29 is 4.79 Å². The summed E-state index contributed by atoms with van der Waals surface area (Å²) in [5, 5.41) is 1.25. The molecule has 1 aromatic carbocycles. The first-order chi connectivity index (χ1) is 14.0. The highest BCUT2D eigenvalue weighted by molar-refractivity contribution is 5.98. The molecule has 2 heterocycles. The number of nitrogens with one attached hydrogen (secondary N) is 1. The SMILES string of the molecule is CC1=C(C)[C@H](c2c[nH]c3ccccc23)N([C@@H](C)C23CC4CC(CC(C4)C2)C3)C1=O. The molecular formula is C26H32N2O. The van der Waals surface area contributed by atoms with Gasteiger partial charge in [0.05, 0.1) is 6.04 Å². The maximum Gasteiger partial charge on any atom is 0.250 e. The molecular weight excluding hydrogens is 356 g/mol. The summed E-state index contributed by atoms with van der Waals surface area (Å²) >= 11 is 0. The molecule has 4 fully saturated rings. The van der Waals surface area contributed by atoms with E-state index in [9.17, 15) is 4.79 Å². The van der Waals surface area contributed by atoms with Crippen molar-refractivity contribution in [3.05, 3.63) is 47.2 Å². The average Bonchev–Trinajstić information content (AvgIpc) is 3.21. The van der Waals surface area contributed by atoms with Crippen molar-refractivity contribution >= 4 is 16.8 Å². The largest absolute Gasteiger partial charge is 0.361 e. The lowest BCUT2D eigenvalue weighted by Crippen LogP contribution is -2.56. The van der Waals surface area contributed by atoms with E-state index < -0.39 is 0 Å². The first-order valence-electron chi connectivity index (χ1n) is 11.5. The molecule has 2 aromatic rings. The van der Waals surface area contributed by atoms with Gasteiger partial charge in [-0.05, 0) is 94.1 Å². The van der Waals surface area contributed by atoms with Gasteiger partial charge in [-0.15, -0.1) is 0 Å². The van der Waals surface area contributed by atoms with E-state index in [-0.39, 0.29) is 11.9 Å². The number of H-pyrrole nitrogens is 1. The number of fused-ring (bicyclic) bond motifs is 1. The van der Waals surface area contributed by atoms with Gasteiger partial charge in [0, 0.05) is 34.3 Å². The van der Waals surface area contributed by atoms with Gasteiger partial charge in [-0.3, -0.25) is 4.79 Å². The van der Waals surface area contributed by atoms with Gasteiger partial charge >= 0.3 is 0 Å². The Kier molecular flexibility index (Phi) is 3.68. The van der Waals surface area contributed by atoms with E-state index in [1.807, 2.05) is 6.92 Å². The van der Waals surface area contributed by atoms with Gasteiger partial charge in [0.1, 0.15) is 0 Å². The molecule has 7 rings (SSSR count). The monoisotopic (exact) mass is 388 g/mol. The van der Waals surface area contributed by atoms with Crippen LogP contribution in [0.1, 0.15) is 70.9 Å². The van der Waals surface area contributed by atoms with Gasteiger partial charge in [0.15, 0.2) is 0 Å². The van der Waals surface area contributed by atoms with Gasteiger partial charge in [-0.25, -0.2) is 0 Å². The summed E-state index contributed by atoms with van der Waals surface area (Å²) in [6, 6.07) is 8.88. The van der Waals surface area contributed by atoms with E-state index >= 15 is 0 Å². The molecule has 0 spiro atoms. The molecule has 0 saturated heterocycles. The van der Waals surface area contributed by atoms with Crippen molar-refractivity contribution in [1.82, 2.24) is 9.88 Å². The molecule has 29 heavy (non-hydrogen) atoms. The Morgan fingerprint density at radius 1 is 1.03 bits per heavy atom. The number of aromatic amines is 1. The van der Waals surface area contributed by atoms with Crippen molar-refractivity contribution in [2.45, 2.75) is 71.4 Å². The average molecular weight is 389 g/mol. The molecule has 0 radical (unpaired) electrons. The zero-order chi connectivity index (χ0) is 19.9. The van der Waals surface area contributed by atoms with Crippen LogP contribution in [0.4, 0.5) is 0 Å².